The summed E-state index contributed by atoms with van der Waals surface area (Å²) in [5, 5.41) is 0. The summed E-state index contributed by atoms with van der Waals surface area (Å²) in [6.45, 7) is 2.01. The molecule has 0 saturated carbocycles. The highest BCUT2D eigenvalue weighted by atomic mass is 19.4. The maximum absolute atomic E-state index is 13.0. The zero-order valence-corrected chi connectivity index (χ0v) is 17.3. The fraction of sp³-hybridized carbons (Fsp3) is 0.217. The van der Waals surface area contributed by atoms with Gasteiger partial charge in [0, 0.05) is 17.2 Å². The maximum atomic E-state index is 13.0. The summed E-state index contributed by atoms with van der Waals surface area (Å²) in [6, 6.07) is 13.9. The quantitative estimate of drug-likeness (QED) is 0.357. The van der Waals surface area contributed by atoms with E-state index in [0.29, 0.717) is 22.8 Å². The molecule has 3 aromatic rings. The lowest BCUT2D eigenvalue weighted by Crippen LogP contribution is -2.11. The number of halogens is 3. The molecule has 3 aromatic carbocycles. The van der Waals surface area contributed by atoms with Crippen molar-refractivity contribution in [1.82, 2.24) is 0 Å². The van der Waals surface area contributed by atoms with Gasteiger partial charge in [-0.25, -0.2) is 5.48 Å². The molecular weight excluding hydrogens is 409 g/mol. The van der Waals surface area contributed by atoms with E-state index in [1.165, 1.54) is 6.07 Å². The van der Waals surface area contributed by atoms with Crippen molar-refractivity contribution in [3.8, 4) is 28.4 Å². The van der Waals surface area contributed by atoms with Gasteiger partial charge in [0.15, 0.2) is 5.75 Å². The summed E-state index contributed by atoms with van der Waals surface area (Å²) >= 11 is 0. The Morgan fingerprint density at radius 2 is 1.58 bits per heavy atom. The highest BCUT2D eigenvalue weighted by Gasteiger charge is 2.31. The van der Waals surface area contributed by atoms with Crippen LogP contribution in [0.2, 0.25) is 0 Å². The number of hydrogen-bond acceptors (Lipinski definition) is 5. The molecule has 0 aliphatic carbocycles. The van der Waals surface area contributed by atoms with Crippen molar-refractivity contribution in [1.29, 1.82) is 0 Å². The predicted molar refractivity (Wildman–Crippen MR) is 114 cm³/mol. The van der Waals surface area contributed by atoms with Crippen LogP contribution in [0, 0.1) is 0 Å². The standard InChI is InChI=1S/C23H23F3N2O3/c1-4-14-11-17(22(30-3)13-21(14)29-2)16-7-5-6-8-20(16)31-28-19-12-15(23(24,25)26)9-10-18(19)27/h5-13,28H,4,27H2,1-3H3. The van der Waals surface area contributed by atoms with Crippen LogP contribution >= 0.6 is 0 Å². The van der Waals surface area contributed by atoms with Gasteiger partial charge in [-0.1, -0.05) is 25.1 Å². The van der Waals surface area contributed by atoms with E-state index in [4.69, 9.17) is 20.0 Å². The van der Waals surface area contributed by atoms with Gasteiger partial charge in [-0.05, 0) is 42.3 Å². The van der Waals surface area contributed by atoms with Crippen LogP contribution in [-0.4, -0.2) is 14.2 Å². The number of methoxy groups -OCH3 is 2. The molecule has 3 N–H and O–H groups in total. The van der Waals surface area contributed by atoms with Gasteiger partial charge in [0.2, 0.25) is 0 Å². The number of nitrogen functional groups attached to an aromatic ring is 1. The van der Waals surface area contributed by atoms with Crippen LogP contribution in [0.3, 0.4) is 0 Å². The zero-order valence-electron chi connectivity index (χ0n) is 17.3. The molecule has 8 heteroatoms. The van der Waals surface area contributed by atoms with E-state index in [9.17, 15) is 13.2 Å². The minimum Gasteiger partial charge on any atom is -0.496 e. The maximum Gasteiger partial charge on any atom is 0.416 e. The fourth-order valence-electron chi connectivity index (χ4n) is 3.16. The largest absolute Gasteiger partial charge is 0.496 e. The Labute approximate surface area is 178 Å². The second-order valence-corrected chi connectivity index (χ2v) is 6.72. The van der Waals surface area contributed by atoms with E-state index in [0.717, 1.165) is 29.7 Å². The molecule has 0 amide bonds. The Hall–Kier alpha value is -3.55. The monoisotopic (exact) mass is 432 g/mol. The van der Waals surface area contributed by atoms with E-state index in [1.54, 1.807) is 32.4 Å². The molecular formula is C23H23F3N2O3. The predicted octanol–water partition coefficient (Wildman–Crippen LogP) is 5.94. The van der Waals surface area contributed by atoms with Crippen LogP contribution in [0.4, 0.5) is 24.5 Å². The van der Waals surface area contributed by atoms with Crippen molar-refractivity contribution in [2.24, 2.45) is 0 Å². The number of hydrogen-bond donors (Lipinski definition) is 2. The van der Waals surface area contributed by atoms with Gasteiger partial charge in [-0.15, -0.1) is 0 Å². The SMILES string of the molecule is CCc1cc(-c2ccccc2ONc2cc(C(F)(F)F)ccc2N)c(OC)cc1OC. The molecule has 3 rings (SSSR count). The lowest BCUT2D eigenvalue weighted by molar-refractivity contribution is -0.137. The summed E-state index contributed by atoms with van der Waals surface area (Å²) in [4.78, 5) is 5.67. The summed E-state index contributed by atoms with van der Waals surface area (Å²) < 4.78 is 50.1. The first kappa shape index (κ1) is 22.1. The molecule has 5 nitrogen and oxygen atoms in total. The molecule has 164 valence electrons. The number of alkyl halides is 3. The summed E-state index contributed by atoms with van der Waals surface area (Å²) in [5.74, 6) is 1.67. The Balaban J connectivity index is 1.98. The Morgan fingerprint density at radius 1 is 0.871 bits per heavy atom. The van der Waals surface area contributed by atoms with Gasteiger partial charge in [0.25, 0.3) is 0 Å². The number of rotatable bonds is 7. The summed E-state index contributed by atoms with van der Waals surface area (Å²) in [7, 11) is 3.14. The number of benzene rings is 3. The third-order valence-electron chi connectivity index (χ3n) is 4.81. The third-order valence-corrected chi connectivity index (χ3v) is 4.81. The first-order valence-corrected chi connectivity index (χ1v) is 9.52. The lowest BCUT2D eigenvalue weighted by atomic mass is 9.99. The molecule has 31 heavy (non-hydrogen) atoms. The first-order valence-electron chi connectivity index (χ1n) is 9.52. The van der Waals surface area contributed by atoms with Gasteiger partial charge < -0.3 is 20.0 Å². The van der Waals surface area contributed by atoms with Gasteiger partial charge in [-0.2, -0.15) is 13.2 Å². The van der Waals surface area contributed by atoms with Gasteiger partial charge >= 0.3 is 6.18 Å². The van der Waals surface area contributed by atoms with Crippen molar-refractivity contribution in [2.45, 2.75) is 19.5 Å². The topological polar surface area (TPSA) is 65.7 Å². The zero-order chi connectivity index (χ0) is 22.6. The lowest BCUT2D eigenvalue weighted by Gasteiger charge is -2.18. The molecule has 0 aliphatic rings. The number of anilines is 2. The Morgan fingerprint density at radius 3 is 2.23 bits per heavy atom. The molecule has 0 radical (unpaired) electrons. The van der Waals surface area contributed by atoms with Crippen LogP contribution in [0.25, 0.3) is 11.1 Å². The second kappa shape index (κ2) is 9.07. The Kier molecular flexibility index (Phi) is 6.48. The van der Waals surface area contributed by atoms with E-state index in [-0.39, 0.29) is 11.4 Å². The van der Waals surface area contributed by atoms with Crippen LogP contribution in [0.15, 0.2) is 54.6 Å². The van der Waals surface area contributed by atoms with E-state index >= 15 is 0 Å². The summed E-state index contributed by atoms with van der Waals surface area (Å²) in [5.41, 5.74) is 10.1. The normalized spacial score (nSPS) is 11.2. The van der Waals surface area contributed by atoms with Crippen LogP contribution in [-0.2, 0) is 12.6 Å². The molecule has 0 fully saturated rings. The molecule has 0 bridgehead atoms. The second-order valence-electron chi connectivity index (χ2n) is 6.72. The molecule has 0 aliphatic heterocycles. The van der Waals surface area contributed by atoms with Crippen molar-refractivity contribution >= 4 is 11.4 Å². The van der Waals surface area contributed by atoms with Gasteiger partial charge in [0.1, 0.15) is 11.5 Å². The van der Waals surface area contributed by atoms with Crippen LogP contribution in [0.1, 0.15) is 18.1 Å². The average molecular weight is 432 g/mol. The Bertz CT molecular complexity index is 1070. The number of aryl methyl sites for hydroxylation is 1. The molecule has 0 unspecified atom stereocenters. The molecule has 0 saturated heterocycles. The van der Waals surface area contributed by atoms with Crippen LogP contribution in [0.5, 0.6) is 17.2 Å². The van der Waals surface area contributed by atoms with E-state index < -0.39 is 11.7 Å². The highest BCUT2D eigenvalue weighted by Crippen LogP contribution is 2.41. The smallest absolute Gasteiger partial charge is 0.416 e. The minimum atomic E-state index is -4.49. The number of ether oxygens (including phenoxy) is 2. The van der Waals surface area contributed by atoms with Gasteiger partial charge in [-0.3, -0.25) is 0 Å². The summed E-state index contributed by atoms with van der Waals surface area (Å²) in [6.07, 6.45) is -3.75. The highest BCUT2D eigenvalue weighted by molar-refractivity contribution is 5.78. The number of nitrogens with one attached hydrogen (secondary N) is 1. The van der Waals surface area contributed by atoms with Crippen LogP contribution < -0.4 is 25.5 Å². The fourth-order valence-corrected chi connectivity index (χ4v) is 3.16. The number of nitrogens with two attached hydrogens (primary N) is 1. The van der Waals surface area contributed by atoms with Crippen molar-refractivity contribution in [2.75, 3.05) is 25.4 Å². The minimum absolute atomic E-state index is 0.0144. The van der Waals surface area contributed by atoms with Gasteiger partial charge in [0.05, 0.1) is 31.2 Å². The first-order chi connectivity index (χ1) is 14.8. The van der Waals surface area contributed by atoms with Crippen molar-refractivity contribution in [3.63, 3.8) is 0 Å². The molecule has 0 heterocycles. The van der Waals surface area contributed by atoms with E-state index in [1.807, 2.05) is 25.1 Å². The van der Waals surface area contributed by atoms with Crippen molar-refractivity contribution in [3.05, 3.63) is 65.7 Å². The third kappa shape index (κ3) is 4.79. The van der Waals surface area contributed by atoms with Crippen molar-refractivity contribution < 1.29 is 27.5 Å². The molecule has 0 aromatic heterocycles. The molecule has 0 atom stereocenters. The van der Waals surface area contributed by atoms with E-state index in [2.05, 4.69) is 5.48 Å². The number of para-hydroxylation sites is 1. The average Bonchev–Trinajstić information content (AvgIpc) is 2.77. The molecule has 0 spiro atoms.